The third-order valence-corrected chi connectivity index (χ3v) is 5.69. The summed E-state index contributed by atoms with van der Waals surface area (Å²) >= 11 is 0. The fraction of sp³-hybridized carbons (Fsp3) is 0.300. The molecule has 180 valence electrons. The van der Waals surface area contributed by atoms with Crippen molar-refractivity contribution in [3.63, 3.8) is 0 Å². The summed E-state index contributed by atoms with van der Waals surface area (Å²) in [4.78, 5) is 23.9. The molecular formula is C20H16F7NO4S. The normalized spacial score (nSPS) is 13.5. The summed E-state index contributed by atoms with van der Waals surface area (Å²) in [7, 11) is -4.51. The van der Waals surface area contributed by atoms with Crippen molar-refractivity contribution in [3.05, 3.63) is 70.5 Å². The monoisotopic (exact) mass is 499 g/mol. The van der Waals surface area contributed by atoms with E-state index in [-0.39, 0.29) is 34.5 Å². The molecule has 2 aromatic carbocycles. The number of alkyl halides is 6. The van der Waals surface area contributed by atoms with Gasteiger partial charge in [0.05, 0.1) is 17.4 Å². The molecule has 0 fully saturated rings. The van der Waals surface area contributed by atoms with E-state index in [1.165, 1.54) is 12.1 Å². The van der Waals surface area contributed by atoms with Gasteiger partial charge in [0.2, 0.25) is 10.0 Å². The summed E-state index contributed by atoms with van der Waals surface area (Å²) in [5.41, 5.74) is -4.52. The van der Waals surface area contributed by atoms with E-state index >= 15 is 0 Å². The van der Waals surface area contributed by atoms with Gasteiger partial charge in [-0.3, -0.25) is 4.79 Å². The van der Waals surface area contributed by atoms with Gasteiger partial charge in [0.25, 0.3) is 5.91 Å². The third kappa shape index (κ3) is 6.76. The topological polar surface area (TPSA) is 71.5 Å². The summed E-state index contributed by atoms with van der Waals surface area (Å²) in [5, 5.41) is 0. The highest BCUT2D eigenvalue weighted by Crippen LogP contribution is 2.37. The second-order valence-corrected chi connectivity index (χ2v) is 8.95. The molecule has 2 aromatic rings. The van der Waals surface area contributed by atoms with Gasteiger partial charge in [-0.15, -0.1) is 0 Å². The molecule has 0 spiro atoms. The van der Waals surface area contributed by atoms with E-state index in [1.807, 2.05) is 0 Å². The van der Waals surface area contributed by atoms with E-state index in [2.05, 4.69) is 0 Å². The van der Waals surface area contributed by atoms with Gasteiger partial charge in [-0.05, 0) is 35.9 Å². The minimum Gasteiger partial charge on any atom is -0.303 e. The highest BCUT2D eigenvalue weighted by Gasteiger charge is 2.39. The summed E-state index contributed by atoms with van der Waals surface area (Å²) < 4.78 is 116. The maximum atomic E-state index is 13.2. The van der Waals surface area contributed by atoms with Gasteiger partial charge >= 0.3 is 12.4 Å². The predicted octanol–water partition coefficient (Wildman–Crippen LogP) is 4.64. The molecule has 5 nitrogen and oxygen atoms in total. The van der Waals surface area contributed by atoms with Crippen LogP contribution in [0.25, 0.3) is 0 Å². The second kappa shape index (κ2) is 9.49. The molecule has 0 radical (unpaired) electrons. The maximum Gasteiger partial charge on any atom is 0.416 e. The van der Waals surface area contributed by atoms with Crippen LogP contribution in [-0.2, 0) is 27.2 Å². The lowest BCUT2D eigenvalue weighted by Gasteiger charge is -2.26. The molecule has 0 saturated carbocycles. The van der Waals surface area contributed by atoms with Gasteiger partial charge in [0.1, 0.15) is 12.1 Å². The minimum absolute atomic E-state index is 0.0835. The van der Waals surface area contributed by atoms with Crippen LogP contribution in [0.3, 0.4) is 0 Å². The van der Waals surface area contributed by atoms with Gasteiger partial charge < -0.3 is 4.79 Å². The van der Waals surface area contributed by atoms with Crippen molar-refractivity contribution in [2.45, 2.75) is 24.7 Å². The Morgan fingerprint density at radius 2 is 1.45 bits per heavy atom. The average Bonchev–Trinajstić information content (AvgIpc) is 2.68. The highest BCUT2D eigenvalue weighted by atomic mass is 32.2. The van der Waals surface area contributed by atoms with Gasteiger partial charge in [-0.1, -0.05) is 12.1 Å². The third-order valence-electron chi connectivity index (χ3n) is 4.57. The van der Waals surface area contributed by atoms with Crippen LogP contribution in [0.4, 0.5) is 30.7 Å². The van der Waals surface area contributed by atoms with Crippen LogP contribution >= 0.6 is 0 Å². The summed E-state index contributed by atoms with van der Waals surface area (Å²) in [6.07, 6.45) is -9.95. The predicted molar refractivity (Wildman–Crippen MR) is 102 cm³/mol. The number of amides is 1. The Hall–Kier alpha value is -2.96. The molecule has 0 N–H and O–H groups in total. The van der Waals surface area contributed by atoms with Crippen LogP contribution in [0.15, 0.2) is 42.5 Å². The van der Waals surface area contributed by atoms with Crippen molar-refractivity contribution >= 4 is 22.2 Å². The second-order valence-electron chi connectivity index (χ2n) is 7.04. The van der Waals surface area contributed by atoms with Crippen molar-refractivity contribution in [1.82, 2.24) is 4.31 Å². The average molecular weight is 499 g/mol. The van der Waals surface area contributed by atoms with E-state index < -0.39 is 63.3 Å². The number of benzene rings is 2. The van der Waals surface area contributed by atoms with E-state index in [0.717, 1.165) is 12.1 Å². The van der Waals surface area contributed by atoms with Crippen LogP contribution in [0.2, 0.25) is 0 Å². The van der Waals surface area contributed by atoms with Crippen molar-refractivity contribution in [2.75, 3.05) is 12.8 Å². The molecule has 1 atom stereocenters. The SMILES string of the molecule is CS(=O)(=O)N(CC(CC=O)c1ccc(F)cc1)C(=O)c1cc(C(F)(F)F)cc(C(F)(F)F)c1. The number of hydrogen-bond acceptors (Lipinski definition) is 4. The lowest BCUT2D eigenvalue weighted by atomic mass is 9.96. The van der Waals surface area contributed by atoms with Gasteiger partial charge in [-0.25, -0.2) is 17.1 Å². The number of rotatable bonds is 7. The molecule has 0 aromatic heterocycles. The van der Waals surface area contributed by atoms with Crippen LogP contribution in [-0.4, -0.2) is 37.7 Å². The smallest absolute Gasteiger partial charge is 0.303 e. The molecule has 0 aliphatic rings. The summed E-state index contributed by atoms with van der Waals surface area (Å²) in [6, 6.07) is 4.45. The number of halogens is 7. The molecule has 33 heavy (non-hydrogen) atoms. The first-order chi connectivity index (χ1) is 15.0. The quantitative estimate of drug-likeness (QED) is 0.411. The molecule has 0 saturated heterocycles. The first-order valence-electron chi connectivity index (χ1n) is 9.04. The van der Waals surface area contributed by atoms with Crippen molar-refractivity contribution in [2.24, 2.45) is 0 Å². The minimum atomic E-state index is -5.25. The molecule has 1 unspecified atom stereocenters. The Bertz CT molecular complexity index is 1090. The fourth-order valence-electron chi connectivity index (χ4n) is 2.96. The molecule has 0 aliphatic heterocycles. The zero-order valence-corrected chi connectivity index (χ0v) is 17.6. The Labute approximate surface area is 183 Å². The van der Waals surface area contributed by atoms with E-state index in [1.54, 1.807) is 0 Å². The Morgan fingerprint density at radius 3 is 1.85 bits per heavy atom. The van der Waals surface area contributed by atoms with Gasteiger partial charge in [-0.2, -0.15) is 26.3 Å². The number of aldehydes is 1. The van der Waals surface area contributed by atoms with Crippen molar-refractivity contribution in [3.8, 4) is 0 Å². The van der Waals surface area contributed by atoms with Crippen molar-refractivity contribution < 1.29 is 48.7 Å². The Morgan fingerprint density at radius 1 is 0.970 bits per heavy atom. The molecule has 13 heteroatoms. The maximum absolute atomic E-state index is 13.2. The summed E-state index contributed by atoms with van der Waals surface area (Å²) in [5.74, 6) is -3.33. The first kappa shape index (κ1) is 26.3. The zero-order valence-electron chi connectivity index (χ0n) is 16.7. The number of nitrogens with zero attached hydrogens (tertiary/aromatic N) is 1. The molecule has 0 aliphatic carbocycles. The molecule has 2 rings (SSSR count). The lowest BCUT2D eigenvalue weighted by molar-refractivity contribution is -0.143. The van der Waals surface area contributed by atoms with E-state index in [4.69, 9.17) is 0 Å². The molecule has 0 heterocycles. The number of hydrogen-bond donors (Lipinski definition) is 0. The number of sulfonamides is 1. The highest BCUT2D eigenvalue weighted by molar-refractivity contribution is 7.88. The largest absolute Gasteiger partial charge is 0.416 e. The standard InChI is InChI=1S/C20H16F7NO4S/c1-33(31,32)28(11-13(6-7-29)12-2-4-17(21)5-3-12)18(30)14-8-15(19(22,23)24)10-16(9-14)20(25,26)27/h2-5,7-10,13H,6,11H2,1H3. The Balaban J connectivity index is 2.57. The fourth-order valence-corrected chi connectivity index (χ4v) is 3.82. The van der Waals surface area contributed by atoms with Crippen molar-refractivity contribution in [1.29, 1.82) is 0 Å². The van der Waals surface area contributed by atoms with Crippen LogP contribution < -0.4 is 0 Å². The van der Waals surface area contributed by atoms with Gasteiger partial charge in [0.15, 0.2) is 0 Å². The van der Waals surface area contributed by atoms with E-state index in [9.17, 15) is 48.7 Å². The number of carbonyl (C=O) groups excluding carboxylic acids is 2. The van der Waals surface area contributed by atoms with Crippen LogP contribution in [0, 0.1) is 5.82 Å². The van der Waals surface area contributed by atoms with Crippen LogP contribution in [0.5, 0.6) is 0 Å². The van der Waals surface area contributed by atoms with Gasteiger partial charge in [0, 0.05) is 24.4 Å². The molecular weight excluding hydrogens is 483 g/mol. The van der Waals surface area contributed by atoms with E-state index in [0.29, 0.717) is 12.5 Å². The molecule has 0 bridgehead atoms. The lowest BCUT2D eigenvalue weighted by Crippen LogP contribution is -2.39. The Kier molecular flexibility index (Phi) is 7.56. The number of carbonyl (C=O) groups is 2. The zero-order chi connectivity index (χ0) is 25.2. The summed E-state index contributed by atoms with van der Waals surface area (Å²) in [6.45, 7) is -0.778. The molecule has 1 amide bonds. The first-order valence-corrected chi connectivity index (χ1v) is 10.9. The van der Waals surface area contributed by atoms with Crippen LogP contribution in [0.1, 0.15) is 39.4 Å².